The molecule has 5 heteroatoms. The average Bonchev–Trinajstić information content (AvgIpc) is 2.61. The van der Waals surface area contributed by atoms with Gasteiger partial charge in [-0.25, -0.2) is 0 Å². The van der Waals surface area contributed by atoms with Gasteiger partial charge in [0.1, 0.15) is 0 Å². The van der Waals surface area contributed by atoms with E-state index in [0.717, 1.165) is 18.4 Å². The topological polar surface area (TPSA) is 54.4 Å². The molecule has 1 rings (SSSR count). The summed E-state index contributed by atoms with van der Waals surface area (Å²) < 4.78 is 32.0. The molecule has 0 spiro atoms. The molecule has 0 aliphatic carbocycles. The van der Waals surface area contributed by atoms with Crippen LogP contribution in [0.2, 0.25) is 0 Å². The minimum absolute atomic E-state index is 0. The molecular weight excluding hydrogens is 384 g/mol. The van der Waals surface area contributed by atoms with E-state index in [1.807, 2.05) is 6.07 Å². The van der Waals surface area contributed by atoms with Gasteiger partial charge < -0.3 is 0 Å². The summed E-state index contributed by atoms with van der Waals surface area (Å²) in [6.45, 7) is 2.26. The van der Waals surface area contributed by atoms with E-state index in [0.29, 0.717) is 6.42 Å². The van der Waals surface area contributed by atoms with E-state index in [-0.39, 0.29) is 42.6 Å². The zero-order valence-corrected chi connectivity index (χ0v) is 17.4. The van der Waals surface area contributed by atoms with Crippen LogP contribution in [0.3, 0.4) is 0 Å². The molecule has 0 bridgehead atoms. The molecule has 0 fully saturated rings. The van der Waals surface area contributed by atoms with Crippen LogP contribution in [0, 0.1) is 0 Å². The molecule has 0 amide bonds. The van der Waals surface area contributed by atoms with Gasteiger partial charge in [0.05, 0.1) is 4.90 Å². The van der Waals surface area contributed by atoms with Gasteiger partial charge in [-0.1, -0.05) is 109 Å². The molecular formula is C22H40CaO3S. The van der Waals surface area contributed by atoms with Crippen molar-refractivity contribution in [2.24, 2.45) is 0 Å². The van der Waals surface area contributed by atoms with Crippen LogP contribution in [-0.2, 0) is 16.5 Å². The molecule has 0 heterocycles. The van der Waals surface area contributed by atoms with Gasteiger partial charge in [0.2, 0.25) is 0 Å². The van der Waals surface area contributed by atoms with Gasteiger partial charge in [-0.3, -0.25) is 4.55 Å². The van der Waals surface area contributed by atoms with E-state index in [1.54, 1.807) is 12.1 Å². The molecule has 154 valence electrons. The second-order valence-corrected chi connectivity index (χ2v) is 8.82. The first kappa shape index (κ1) is 27.4. The van der Waals surface area contributed by atoms with Crippen molar-refractivity contribution in [3.63, 3.8) is 0 Å². The molecule has 0 saturated carbocycles. The van der Waals surface area contributed by atoms with Crippen molar-refractivity contribution >= 4 is 47.9 Å². The van der Waals surface area contributed by atoms with Gasteiger partial charge in [-0.05, 0) is 24.5 Å². The Bertz CT molecular complexity index is 573. The van der Waals surface area contributed by atoms with Gasteiger partial charge in [0, 0.05) is 0 Å². The Morgan fingerprint density at radius 3 is 1.56 bits per heavy atom. The molecule has 27 heavy (non-hydrogen) atoms. The van der Waals surface area contributed by atoms with Gasteiger partial charge in [-0.15, -0.1) is 0 Å². The predicted octanol–water partition coefficient (Wildman–Crippen LogP) is 6.04. The van der Waals surface area contributed by atoms with Crippen LogP contribution in [0.4, 0.5) is 0 Å². The second-order valence-electron chi connectivity index (χ2n) is 7.43. The van der Waals surface area contributed by atoms with Crippen LogP contribution < -0.4 is 0 Å². The monoisotopic (exact) mass is 424 g/mol. The van der Waals surface area contributed by atoms with Gasteiger partial charge in [0.15, 0.2) is 0 Å². The van der Waals surface area contributed by atoms with Gasteiger partial charge in [0.25, 0.3) is 10.1 Å². The molecule has 1 aromatic carbocycles. The van der Waals surface area contributed by atoms with Gasteiger partial charge in [-0.2, -0.15) is 8.42 Å². The number of benzene rings is 1. The Morgan fingerprint density at radius 1 is 0.704 bits per heavy atom. The van der Waals surface area contributed by atoms with Crippen molar-refractivity contribution in [1.82, 2.24) is 0 Å². The summed E-state index contributed by atoms with van der Waals surface area (Å²) in [5.74, 6) is 0. The summed E-state index contributed by atoms with van der Waals surface area (Å²) in [7, 11) is -4.10. The van der Waals surface area contributed by atoms with Crippen molar-refractivity contribution in [2.75, 3.05) is 0 Å². The van der Waals surface area contributed by atoms with E-state index >= 15 is 0 Å². The van der Waals surface area contributed by atoms with E-state index in [2.05, 4.69) is 6.92 Å². The predicted molar refractivity (Wildman–Crippen MR) is 119 cm³/mol. The van der Waals surface area contributed by atoms with Crippen molar-refractivity contribution < 1.29 is 13.0 Å². The standard InChI is InChI=1S/C22H38O3S.Ca.2H/c1-2-3-4-5-6-7-8-9-10-11-12-13-14-15-18-21-19-16-17-20-22(21)26(23,24)25;;;/h16-17,19-20H,2-15,18H2,1H3,(H,23,24,25);;;. The fourth-order valence-corrected chi connectivity index (χ4v) is 4.22. The summed E-state index contributed by atoms with van der Waals surface area (Å²) in [4.78, 5) is 0.0645. The fraction of sp³-hybridized carbons (Fsp3) is 0.727. The zero-order chi connectivity index (χ0) is 19.1. The van der Waals surface area contributed by atoms with E-state index in [9.17, 15) is 13.0 Å². The van der Waals surface area contributed by atoms with Crippen LogP contribution in [0.25, 0.3) is 0 Å². The van der Waals surface area contributed by atoms with Crippen LogP contribution in [0.15, 0.2) is 29.2 Å². The van der Waals surface area contributed by atoms with Crippen LogP contribution in [-0.4, -0.2) is 50.7 Å². The average molecular weight is 425 g/mol. The Hall–Kier alpha value is 0.390. The van der Waals surface area contributed by atoms with Crippen molar-refractivity contribution in [2.45, 2.75) is 108 Å². The third-order valence-corrected chi connectivity index (χ3v) is 6.00. The molecule has 0 unspecified atom stereocenters. The maximum absolute atomic E-state index is 11.4. The SMILES string of the molecule is CCCCCCCCCCCCCCCCc1ccccc1S(=O)(=O)O.[CaH2]. The Balaban J connectivity index is 0.00000676. The third kappa shape index (κ3) is 14.1. The molecule has 0 aliphatic rings. The van der Waals surface area contributed by atoms with Crippen molar-refractivity contribution in [1.29, 1.82) is 0 Å². The van der Waals surface area contributed by atoms with E-state index < -0.39 is 10.1 Å². The summed E-state index contributed by atoms with van der Waals surface area (Å²) >= 11 is 0. The molecule has 0 atom stereocenters. The normalized spacial score (nSPS) is 11.3. The quantitative estimate of drug-likeness (QED) is 0.200. The number of rotatable bonds is 16. The molecule has 1 aromatic rings. The number of hydrogen-bond acceptors (Lipinski definition) is 2. The first-order valence-electron chi connectivity index (χ1n) is 10.6. The molecule has 0 radical (unpaired) electrons. The Morgan fingerprint density at radius 2 is 1.11 bits per heavy atom. The second kappa shape index (κ2) is 17.3. The van der Waals surface area contributed by atoms with Crippen molar-refractivity contribution in [3.8, 4) is 0 Å². The minimum atomic E-state index is -4.10. The zero-order valence-electron chi connectivity index (χ0n) is 16.6. The first-order chi connectivity index (χ1) is 12.6. The summed E-state index contributed by atoms with van der Waals surface area (Å²) in [6.07, 6.45) is 19.1. The van der Waals surface area contributed by atoms with E-state index in [4.69, 9.17) is 0 Å². The van der Waals surface area contributed by atoms with Gasteiger partial charge >= 0.3 is 37.7 Å². The fourth-order valence-electron chi connectivity index (χ4n) is 3.47. The third-order valence-electron chi connectivity index (χ3n) is 5.05. The number of aryl methyl sites for hydroxylation is 1. The molecule has 3 nitrogen and oxygen atoms in total. The van der Waals surface area contributed by atoms with Crippen molar-refractivity contribution in [3.05, 3.63) is 29.8 Å². The Labute approximate surface area is 197 Å². The first-order valence-corrected chi connectivity index (χ1v) is 12.0. The van der Waals surface area contributed by atoms with E-state index in [1.165, 1.54) is 83.1 Å². The molecule has 0 saturated heterocycles. The van der Waals surface area contributed by atoms with Crippen LogP contribution in [0.1, 0.15) is 102 Å². The van der Waals surface area contributed by atoms with Crippen LogP contribution >= 0.6 is 0 Å². The molecule has 0 aromatic heterocycles. The maximum atomic E-state index is 11.4. The number of hydrogen-bond donors (Lipinski definition) is 1. The molecule has 1 N–H and O–H groups in total. The summed E-state index contributed by atoms with van der Waals surface area (Å²) in [5.41, 5.74) is 0.730. The summed E-state index contributed by atoms with van der Waals surface area (Å²) in [6, 6.07) is 6.76. The Kier molecular flexibility index (Phi) is 17.5. The molecule has 0 aliphatic heterocycles. The number of unbranched alkanes of at least 4 members (excludes halogenated alkanes) is 13. The van der Waals surface area contributed by atoms with Crippen LogP contribution in [0.5, 0.6) is 0 Å². The summed E-state index contributed by atoms with van der Waals surface area (Å²) in [5, 5.41) is 0.